The molecule has 19 heavy (non-hydrogen) atoms. The van der Waals surface area contributed by atoms with Gasteiger partial charge in [0.15, 0.2) is 0 Å². The van der Waals surface area contributed by atoms with E-state index in [4.69, 9.17) is 5.11 Å². The predicted molar refractivity (Wildman–Crippen MR) is 60.8 cm³/mol. The van der Waals surface area contributed by atoms with E-state index in [9.17, 15) is 18.4 Å². The molecule has 0 aromatic carbocycles. The Kier molecular flexibility index (Phi) is 3.93. The van der Waals surface area contributed by atoms with Crippen molar-refractivity contribution in [3.63, 3.8) is 0 Å². The van der Waals surface area contributed by atoms with Gasteiger partial charge >= 0.3 is 6.18 Å². The van der Waals surface area contributed by atoms with Gasteiger partial charge in [0.05, 0.1) is 18.2 Å². The number of aliphatic hydroxyl groups is 1. The van der Waals surface area contributed by atoms with Gasteiger partial charge in [-0.05, 0) is 12.1 Å². The van der Waals surface area contributed by atoms with Gasteiger partial charge < -0.3 is 15.2 Å². The van der Waals surface area contributed by atoms with Crippen molar-refractivity contribution in [2.45, 2.75) is 12.2 Å². The largest absolute Gasteiger partial charge is 0.419 e. The highest BCUT2D eigenvalue weighted by molar-refractivity contribution is 5.49. The molecule has 1 fully saturated rings. The van der Waals surface area contributed by atoms with E-state index in [0.717, 1.165) is 11.1 Å². The first kappa shape index (κ1) is 14.0. The van der Waals surface area contributed by atoms with Crippen LogP contribution in [-0.2, 0) is 6.18 Å². The minimum Gasteiger partial charge on any atom is -0.395 e. The van der Waals surface area contributed by atoms with Gasteiger partial charge in [0, 0.05) is 25.8 Å². The molecule has 1 aliphatic rings. The Morgan fingerprint density at radius 1 is 1.37 bits per heavy atom. The molecule has 2 N–H and O–H groups in total. The summed E-state index contributed by atoms with van der Waals surface area (Å²) < 4.78 is 38.6. The quantitative estimate of drug-likeness (QED) is 0.843. The number of pyridine rings is 1. The maximum Gasteiger partial charge on any atom is 0.419 e. The lowest BCUT2D eigenvalue weighted by Crippen LogP contribution is -2.53. The zero-order chi connectivity index (χ0) is 14.0. The van der Waals surface area contributed by atoms with Crippen molar-refractivity contribution >= 4 is 5.82 Å². The van der Waals surface area contributed by atoms with Crippen LogP contribution in [-0.4, -0.2) is 52.6 Å². The second-order valence-electron chi connectivity index (χ2n) is 4.32. The lowest BCUT2D eigenvalue weighted by atomic mass is 10.1. The molecule has 2 rings (SSSR count). The maximum absolute atomic E-state index is 12.9. The number of aromatic nitrogens is 1. The molecule has 0 aliphatic carbocycles. The van der Waals surface area contributed by atoms with E-state index in [1.165, 1.54) is 17.2 Å². The fourth-order valence-electron chi connectivity index (χ4n) is 2.06. The van der Waals surface area contributed by atoms with Gasteiger partial charge in [0.1, 0.15) is 5.82 Å². The molecule has 1 aliphatic heterocycles. The number of nitrogens with zero attached hydrogens (tertiary/aromatic N) is 3. The van der Waals surface area contributed by atoms with Crippen LogP contribution in [0.5, 0.6) is 0 Å². The summed E-state index contributed by atoms with van der Waals surface area (Å²) in [7, 11) is 0. The van der Waals surface area contributed by atoms with Crippen LogP contribution in [0.1, 0.15) is 5.56 Å². The molecule has 106 valence electrons. The molecule has 8 heteroatoms. The Hall–Kier alpha value is -1.38. The summed E-state index contributed by atoms with van der Waals surface area (Å²) in [4.78, 5) is 5.21. The van der Waals surface area contributed by atoms with Crippen LogP contribution in [0.4, 0.5) is 19.0 Å². The van der Waals surface area contributed by atoms with Gasteiger partial charge in [0.25, 0.3) is 0 Å². The third-order valence-electron chi connectivity index (χ3n) is 3.05. The van der Waals surface area contributed by atoms with Crippen molar-refractivity contribution in [1.82, 2.24) is 10.0 Å². The number of hydroxylamine groups is 2. The van der Waals surface area contributed by atoms with Crippen molar-refractivity contribution in [3.8, 4) is 0 Å². The average Bonchev–Trinajstić information content (AvgIpc) is 2.38. The summed E-state index contributed by atoms with van der Waals surface area (Å²) in [5.74, 6) is -0.165. The highest BCUT2D eigenvalue weighted by Crippen LogP contribution is 2.35. The standard InChI is InChI=1S/C11H14F3N3O2/c12-11(13,14)9-2-1-3-15-10(9)16-4-5-17(19)8(6-16)7-18/h1-3,8,18-19H,4-7H2. The van der Waals surface area contributed by atoms with Crippen molar-refractivity contribution in [2.75, 3.05) is 31.1 Å². The normalized spacial score (nSPS) is 21.7. The second kappa shape index (κ2) is 5.32. The number of aliphatic hydroxyl groups excluding tert-OH is 1. The maximum atomic E-state index is 12.9. The summed E-state index contributed by atoms with van der Waals surface area (Å²) in [6.45, 7) is 0.125. The molecule has 1 aromatic heterocycles. The lowest BCUT2D eigenvalue weighted by Gasteiger charge is -2.38. The lowest BCUT2D eigenvalue weighted by molar-refractivity contribution is -0.143. The van der Waals surface area contributed by atoms with E-state index in [1.807, 2.05) is 0 Å². The highest BCUT2D eigenvalue weighted by atomic mass is 19.4. The van der Waals surface area contributed by atoms with E-state index < -0.39 is 17.8 Å². The highest BCUT2D eigenvalue weighted by Gasteiger charge is 2.37. The van der Waals surface area contributed by atoms with Crippen LogP contribution in [0.25, 0.3) is 0 Å². The number of anilines is 1. The second-order valence-corrected chi connectivity index (χ2v) is 4.32. The molecule has 1 aromatic rings. The molecule has 0 bridgehead atoms. The number of rotatable bonds is 2. The molecular weight excluding hydrogens is 263 g/mol. The third kappa shape index (κ3) is 2.96. The summed E-state index contributed by atoms with van der Waals surface area (Å²) in [6.07, 6.45) is -3.18. The van der Waals surface area contributed by atoms with Crippen molar-refractivity contribution in [3.05, 3.63) is 23.9 Å². The summed E-state index contributed by atoms with van der Waals surface area (Å²) in [6, 6.07) is 1.59. The molecule has 0 radical (unpaired) electrons. The molecule has 1 atom stereocenters. The van der Waals surface area contributed by atoms with E-state index in [1.54, 1.807) is 0 Å². The average molecular weight is 277 g/mol. The number of halogens is 3. The fraction of sp³-hybridized carbons (Fsp3) is 0.545. The van der Waals surface area contributed by atoms with E-state index >= 15 is 0 Å². The Bertz CT molecular complexity index is 441. The Balaban J connectivity index is 2.27. The molecule has 0 saturated carbocycles. The Morgan fingerprint density at radius 2 is 2.11 bits per heavy atom. The Labute approximate surface area is 107 Å². The number of alkyl halides is 3. The smallest absolute Gasteiger partial charge is 0.395 e. The van der Waals surface area contributed by atoms with Crippen molar-refractivity contribution in [1.29, 1.82) is 0 Å². The van der Waals surface area contributed by atoms with Gasteiger partial charge in [-0.15, -0.1) is 0 Å². The first-order chi connectivity index (χ1) is 8.93. The van der Waals surface area contributed by atoms with E-state index in [0.29, 0.717) is 0 Å². The first-order valence-corrected chi connectivity index (χ1v) is 5.77. The summed E-state index contributed by atoms with van der Waals surface area (Å²) in [5.41, 5.74) is -0.807. The zero-order valence-corrected chi connectivity index (χ0v) is 10.0. The molecule has 0 spiro atoms. The predicted octanol–water partition coefficient (Wildman–Crippen LogP) is 0.972. The third-order valence-corrected chi connectivity index (χ3v) is 3.05. The van der Waals surface area contributed by atoms with Crippen LogP contribution < -0.4 is 4.90 Å². The van der Waals surface area contributed by atoms with Crippen molar-refractivity contribution in [2.24, 2.45) is 0 Å². The monoisotopic (exact) mass is 277 g/mol. The van der Waals surface area contributed by atoms with Crippen LogP contribution in [0.2, 0.25) is 0 Å². The number of hydrogen-bond acceptors (Lipinski definition) is 5. The minimum absolute atomic E-state index is 0.0904. The molecule has 2 heterocycles. The van der Waals surface area contributed by atoms with E-state index in [-0.39, 0.29) is 32.1 Å². The van der Waals surface area contributed by atoms with Gasteiger partial charge in [-0.25, -0.2) is 4.98 Å². The van der Waals surface area contributed by atoms with Gasteiger partial charge in [-0.2, -0.15) is 18.2 Å². The van der Waals surface area contributed by atoms with Crippen molar-refractivity contribution < 1.29 is 23.5 Å². The number of hydrogen-bond donors (Lipinski definition) is 2. The van der Waals surface area contributed by atoms with Gasteiger partial charge in [-0.3, -0.25) is 0 Å². The van der Waals surface area contributed by atoms with Gasteiger partial charge in [-0.1, -0.05) is 0 Å². The SMILES string of the molecule is OCC1CN(c2ncccc2C(F)(F)F)CCN1O. The zero-order valence-electron chi connectivity index (χ0n) is 10.0. The molecular formula is C11H14F3N3O2. The molecule has 1 unspecified atom stereocenters. The molecule has 1 saturated heterocycles. The minimum atomic E-state index is -4.48. The molecule has 5 nitrogen and oxygen atoms in total. The molecule has 0 amide bonds. The van der Waals surface area contributed by atoms with Crippen LogP contribution in [0.3, 0.4) is 0 Å². The summed E-state index contributed by atoms with van der Waals surface area (Å²) in [5, 5.41) is 19.5. The van der Waals surface area contributed by atoms with Gasteiger partial charge in [0.2, 0.25) is 0 Å². The summed E-state index contributed by atoms with van der Waals surface area (Å²) >= 11 is 0. The van der Waals surface area contributed by atoms with Crippen LogP contribution in [0.15, 0.2) is 18.3 Å². The Morgan fingerprint density at radius 3 is 2.74 bits per heavy atom. The number of piperazine rings is 1. The first-order valence-electron chi connectivity index (χ1n) is 5.77. The van der Waals surface area contributed by atoms with Crippen LogP contribution in [0, 0.1) is 0 Å². The topological polar surface area (TPSA) is 59.8 Å². The van der Waals surface area contributed by atoms with Crippen LogP contribution >= 0.6 is 0 Å². The fourth-order valence-corrected chi connectivity index (χ4v) is 2.06. The van der Waals surface area contributed by atoms with E-state index in [2.05, 4.69) is 4.98 Å².